The molecule has 0 saturated heterocycles. The molecule has 1 aliphatic rings. The molecule has 1 atom stereocenters. The maximum absolute atomic E-state index is 12.4. The number of carbonyl (C=O) groups excluding carboxylic acids is 1. The standard InChI is InChI=1S/C13H19NOS/c1-3-14(2)13(12-8-6-10-16-12)9-5-4-7-11(13)15/h6,8,10H,3-5,7,9H2,1-2H3. The van der Waals surface area contributed by atoms with Gasteiger partial charge in [-0.1, -0.05) is 19.4 Å². The van der Waals surface area contributed by atoms with Crippen LogP contribution in [0.25, 0.3) is 0 Å². The first-order valence-electron chi connectivity index (χ1n) is 6.00. The van der Waals surface area contributed by atoms with Crippen LogP contribution in [0.5, 0.6) is 0 Å². The number of Topliss-reactive ketones (excluding diaryl/α,β-unsaturated/α-hetero) is 1. The molecule has 0 aromatic carbocycles. The second-order valence-corrected chi connectivity index (χ2v) is 5.43. The second kappa shape index (κ2) is 4.68. The maximum atomic E-state index is 12.4. The molecule has 1 heterocycles. The van der Waals surface area contributed by atoms with Crippen LogP contribution in [0, 0.1) is 0 Å². The van der Waals surface area contributed by atoms with Gasteiger partial charge in [0.25, 0.3) is 0 Å². The van der Waals surface area contributed by atoms with E-state index < -0.39 is 0 Å². The minimum absolute atomic E-state index is 0.318. The first-order chi connectivity index (χ1) is 7.71. The average Bonchev–Trinajstić information content (AvgIpc) is 2.83. The van der Waals surface area contributed by atoms with Crippen LogP contribution in [0.4, 0.5) is 0 Å². The minimum atomic E-state index is -0.318. The van der Waals surface area contributed by atoms with Crippen LogP contribution < -0.4 is 0 Å². The van der Waals surface area contributed by atoms with Crippen molar-refractivity contribution >= 4 is 17.1 Å². The summed E-state index contributed by atoms with van der Waals surface area (Å²) >= 11 is 1.71. The van der Waals surface area contributed by atoms with Gasteiger partial charge in [0.15, 0.2) is 5.78 Å². The topological polar surface area (TPSA) is 20.3 Å². The number of rotatable bonds is 3. The third kappa shape index (κ3) is 1.72. The molecule has 88 valence electrons. The van der Waals surface area contributed by atoms with E-state index in [4.69, 9.17) is 0 Å². The molecule has 0 spiro atoms. The first-order valence-corrected chi connectivity index (χ1v) is 6.88. The molecule has 1 unspecified atom stereocenters. The highest BCUT2D eigenvalue weighted by Crippen LogP contribution is 2.41. The predicted molar refractivity (Wildman–Crippen MR) is 67.8 cm³/mol. The Bertz CT molecular complexity index is 360. The highest BCUT2D eigenvalue weighted by atomic mass is 32.1. The van der Waals surface area contributed by atoms with Gasteiger partial charge in [0.1, 0.15) is 5.54 Å². The molecule has 1 aliphatic carbocycles. The molecule has 3 heteroatoms. The Morgan fingerprint density at radius 3 is 2.88 bits per heavy atom. The molecule has 0 aliphatic heterocycles. The van der Waals surface area contributed by atoms with Gasteiger partial charge in [0.2, 0.25) is 0 Å². The Labute approximate surface area is 101 Å². The molecular formula is C13H19NOS. The molecule has 0 amide bonds. The van der Waals surface area contributed by atoms with Crippen LogP contribution in [0.15, 0.2) is 17.5 Å². The summed E-state index contributed by atoms with van der Waals surface area (Å²) in [6.07, 6.45) is 3.94. The van der Waals surface area contributed by atoms with Gasteiger partial charge in [-0.05, 0) is 37.9 Å². The summed E-state index contributed by atoms with van der Waals surface area (Å²) < 4.78 is 0. The highest BCUT2D eigenvalue weighted by Gasteiger charge is 2.44. The van der Waals surface area contributed by atoms with Crippen molar-refractivity contribution in [2.75, 3.05) is 13.6 Å². The van der Waals surface area contributed by atoms with E-state index in [-0.39, 0.29) is 5.54 Å². The minimum Gasteiger partial charge on any atom is -0.297 e. The van der Waals surface area contributed by atoms with Crippen LogP contribution in [0.1, 0.15) is 37.5 Å². The van der Waals surface area contributed by atoms with E-state index in [2.05, 4.69) is 30.3 Å². The van der Waals surface area contributed by atoms with Crippen molar-refractivity contribution < 1.29 is 4.79 Å². The average molecular weight is 237 g/mol. The van der Waals surface area contributed by atoms with Gasteiger partial charge < -0.3 is 0 Å². The number of thiophene rings is 1. The number of hydrogen-bond acceptors (Lipinski definition) is 3. The van der Waals surface area contributed by atoms with E-state index in [0.29, 0.717) is 5.78 Å². The van der Waals surface area contributed by atoms with Crippen LogP contribution in [-0.2, 0) is 10.3 Å². The van der Waals surface area contributed by atoms with Gasteiger partial charge in [-0.25, -0.2) is 0 Å². The molecule has 2 rings (SSSR count). The van der Waals surface area contributed by atoms with E-state index in [1.807, 2.05) is 6.07 Å². The summed E-state index contributed by atoms with van der Waals surface area (Å²) in [4.78, 5) is 15.8. The van der Waals surface area contributed by atoms with Crippen LogP contribution in [-0.4, -0.2) is 24.3 Å². The van der Waals surface area contributed by atoms with Gasteiger partial charge in [0.05, 0.1) is 0 Å². The summed E-state index contributed by atoms with van der Waals surface area (Å²) in [6, 6.07) is 4.16. The van der Waals surface area contributed by atoms with E-state index >= 15 is 0 Å². The maximum Gasteiger partial charge on any atom is 0.158 e. The zero-order valence-corrected chi connectivity index (χ0v) is 10.8. The predicted octanol–water partition coefficient (Wildman–Crippen LogP) is 3.04. The fraction of sp³-hybridized carbons (Fsp3) is 0.615. The molecule has 1 aromatic rings. The van der Waals surface area contributed by atoms with Crippen LogP contribution in [0.2, 0.25) is 0 Å². The number of carbonyl (C=O) groups is 1. The Hall–Kier alpha value is -0.670. The molecule has 0 radical (unpaired) electrons. The summed E-state index contributed by atoms with van der Waals surface area (Å²) in [5.41, 5.74) is -0.318. The molecule has 1 aromatic heterocycles. The number of ketones is 1. The van der Waals surface area contributed by atoms with Gasteiger partial charge in [-0.2, -0.15) is 0 Å². The van der Waals surface area contributed by atoms with Gasteiger partial charge in [0, 0.05) is 11.3 Å². The zero-order chi connectivity index (χ0) is 11.6. The van der Waals surface area contributed by atoms with E-state index in [9.17, 15) is 4.79 Å². The Kier molecular flexibility index (Phi) is 3.45. The summed E-state index contributed by atoms with van der Waals surface area (Å²) in [6.45, 7) is 3.04. The fourth-order valence-electron chi connectivity index (χ4n) is 2.65. The van der Waals surface area contributed by atoms with Crippen molar-refractivity contribution in [1.82, 2.24) is 4.90 Å². The number of nitrogens with zero attached hydrogens (tertiary/aromatic N) is 1. The largest absolute Gasteiger partial charge is 0.297 e. The molecule has 0 N–H and O–H groups in total. The van der Waals surface area contributed by atoms with E-state index in [1.165, 1.54) is 4.88 Å². The molecule has 1 saturated carbocycles. The number of likely N-dealkylation sites (N-methyl/N-ethyl adjacent to an activating group) is 1. The quantitative estimate of drug-likeness (QED) is 0.805. The van der Waals surface area contributed by atoms with E-state index in [1.54, 1.807) is 11.3 Å². The van der Waals surface area contributed by atoms with Gasteiger partial charge in [-0.15, -0.1) is 11.3 Å². The molecule has 2 nitrogen and oxygen atoms in total. The molecule has 0 bridgehead atoms. The third-order valence-electron chi connectivity index (χ3n) is 3.71. The van der Waals surface area contributed by atoms with Crippen molar-refractivity contribution in [2.45, 2.75) is 38.1 Å². The number of hydrogen-bond donors (Lipinski definition) is 0. The zero-order valence-electron chi connectivity index (χ0n) is 10.0. The highest BCUT2D eigenvalue weighted by molar-refractivity contribution is 7.10. The lowest BCUT2D eigenvalue weighted by Crippen LogP contribution is -2.51. The lowest BCUT2D eigenvalue weighted by atomic mass is 9.78. The third-order valence-corrected chi connectivity index (χ3v) is 4.73. The van der Waals surface area contributed by atoms with Crippen molar-refractivity contribution in [2.24, 2.45) is 0 Å². The fourth-order valence-corrected chi connectivity index (χ4v) is 3.68. The Morgan fingerprint density at radius 2 is 2.31 bits per heavy atom. The SMILES string of the molecule is CCN(C)C1(c2cccs2)CCCCC1=O. The van der Waals surface area contributed by atoms with Crippen molar-refractivity contribution in [3.63, 3.8) is 0 Å². The summed E-state index contributed by atoms with van der Waals surface area (Å²) in [5.74, 6) is 0.408. The molecular weight excluding hydrogens is 218 g/mol. The summed E-state index contributed by atoms with van der Waals surface area (Å²) in [7, 11) is 2.07. The second-order valence-electron chi connectivity index (χ2n) is 4.48. The van der Waals surface area contributed by atoms with Crippen molar-refractivity contribution in [3.05, 3.63) is 22.4 Å². The monoisotopic (exact) mass is 237 g/mol. The molecule has 1 fully saturated rings. The van der Waals surface area contributed by atoms with Crippen molar-refractivity contribution in [3.8, 4) is 0 Å². The smallest absolute Gasteiger partial charge is 0.158 e. The van der Waals surface area contributed by atoms with Crippen LogP contribution in [0.3, 0.4) is 0 Å². The van der Waals surface area contributed by atoms with Crippen molar-refractivity contribution in [1.29, 1.82) is 0 Å². The lowest BCUT2D eigenvalue weighted by molar-refractivity contribution is -0.133. The van der Waals surface area contributed by atoms with Gasteiger partial charge >= 0.3 is 0 Å². The van der Waals surface area contributed by atoms with E-state index in [0.717, 1.165) is 32.2 Å². The normalized spacial score (nSPS) is 26.3. The van der Waals surface area contributed by atoms with Gasteiger partial charge in [-0.3, -0.25) is 9.69 Å². The molecule has 16 heavy (non-hydrogen) atoms. The Balaban J connectivity index is 2.43. The Morgan fingerprint density at radius 1 is 1.50 bits per heavy atom. The lowest BCUT2D eigenvalue weighted by Gasteiger charge is -2.42. The summed E-state index contributed by atoms with van der Waals surface area (Å²) in [5, 5.41) is 2.07. The van der Waals surface area contributed by atoms with Crippen LogP contribution >= 0.6 is 11.3 Å². The first kappa shape index (κ1) is 11.8.